The van der Waals surface area contributed by atoms with Crippen LogP contribution in [0.2, 0.25) is 0 Å². The standard InChI is InChI=1S/C71H134O6/c1-4-7-10-13-16-19-22-25-27-29-30-31-32-33-34-35-36-37-38-39-40-41-42-44-46-49-52-55-58-61-64-70(73)76-67-68(66-75-69(72)63-60-57-54-51-48-45-24-21-18-15-12-9-6-3)77-71(74)65-62-59-56-53-50-47-43-28-26-23-20-17-14-11-8-5-2/h12,15,21,24,68H,4-11,13-14,16-20,22-23,25-67H2,1-3H3/b15-12-,24-21-. The zero-order valence-electron chi connectivity index (χ0n) is 52.3. The molecule has 0 spiro atoms. The Kier molecular flexibility index (Phi) is 64.6. The molecule has 0 saturated heterocycles. The van der Waals surface area contributed by atoms with Crippen molar-refractivity contribution in [2.75, 3.05) is 13.2 Å². The van der Waals surface area contributed by atoms with Crippen LogP contribution < -0.4 is 0 Å². The predicted molar refractivity (Wildman–Crippen MR) is 335 cm³/mol. The van der Waals surface area contributed by atoms with Crippen molar-refractivity contribution >= 4 is 17.9 Å². The van der Waals surface area contributed by atoms with Gasteiger partial charge in [0, 0.05) is 19.3 Å². The van der Waals surface area contributed by atoms with Crippen LogP contribution in [0.3, 0.4) is 0 Å². The summed E-state index contributed by atoms with van der Waals surface area (Å²) in [6.45, 7) is 6.64. The van der Waals surface area contributed by atoms with Crippen molar-refractivity contribution in [2.45, 2.75) is 399 Å². The van der Waals surface area contributed by atoms with Gasteiger partial charge in [-0.1, -0.05) is 353 Å². The van der Waals surface area contributed by atoms with Crippen LogP contribution >= 0.6 is 0 Å². The Balaban J connectivity index is 4.12. The minimum absolute atomic E-state index is 0.0696. The molecular formula is C71H134O6. The van der Waals surface area contributed by atoms with Gasteiger partial charge >= 0.3 is 17.9 Å². The Morgan fingerprint density at radius 3 is 0.766 bits per heavy atom. The molecule has 0 heterocycles. The van der Waals surface area contributed by atoms with Crippen LogP contribution in [0.15, 0.2) is 24.3 Å². The zero-order valence-corrected chi connectivity index (χ0v) is 52.3. The molecule has 0 aromatic heterocycles. The van der Waals surface area contributed by atoms with Gasteiger partial charge in [0.15, 0.2) is 6.10 Å². The second-order valence-electron chi connectivity index (χ2n) is 23.8. The maximum Gasteiger partial charge on any atom is 0.306 e. The van der Waals surface area contributed by atoms with Crippen LogP contribution in [0.5, 0.6) is 0 Å². The van der Waals surface area contributed by atoms with E-state index >= 15 is 0 Å². The third-order valence-corrected chi connectivity index (χ3v) is 15.9. The van der Waals surface area contributed by atoms with Gasteiger partial charge in [-0.25, -0.2) is 0 Å². The molecule has 0 radical (unpaired) electrons. The number of hydrogen-bond donors (Lipinski definition) is 0. The van der Waals surface area contributed by atoms with Crippen molar-refractivity contribution < 1.29 is 28.6 Å². The number of ether oxygens (including phenoxy) is 3. The number of hydrogen-bond acceptors (Lipinski definition) is 6. The number of carbonyl (C=O) groups excluding carboxylic acids is 3. The van der Waals surface area contributed by atoms with Crippen LogP contribution in [-0.4, -0.2) is 37.2 Å². The maximum absolute atomic E-state index is 12.9. The van der Waals surface area contributed by atoms with Gasteiger partial charge in [0.1, 0.15) is 13.2 Å². The molecule has 0 aromatic carbocycles. The van der Waals surface area contributed by atoms with Gasteiger partial charge in [-0.2, -0.15) is 0 Å². The molecule has 77 heavy (non-hydrogen) atoms. The topological polar surface area (TPSA) is 78.9 Å². The van der Waals surface area contributed by atoms with Crippen LogP contribution in [-0.2, 0) is 28.6 Å². The van der Waals surface area contributed by atoms with Gasteiger partial charge in [-0.3, -0.25) is 14.4 Å². The quantitative estimate of drug-likeness (QED) is 0.0261. The fraction of sp³-hybridized carbons (Fsp3) is 0.901. The molecule has 0 rings (SSSR count). The number of esters is 3. The van der Waals surface area contributed by atoms with Gasteiger partial charge in [0.05, 0.1) is 0 Å². The van der Waals surface area contributed by atoms with Crippen molar-refractivity contribution in [2.24, 2.45) is 0 Å². The normalized spacial score (nSPS) is 12.1. The Morgan fingerprint density at radius 2 is 0.494 bits per heavy atom. The number of rotatable bonds is 65. The lowest BCUT2D eigenvalue weighted by Crippen LogP contribution is -2.30. The summed E-state index contributed by atoms with van der Waals surface area (Å²) in [7, 11) is 0. The summed E-state index contributed by atoms with van der Waals surface area (Å²) in [5.74, 6) is -0.855. The van der Waals surface area contributed by atoms with Gasteiger partial charge in [-0.05, 0) is 44.9 Å². The molecule has 0 saturated carbocycles. The third-order valence-electron chi connectivity index (χ3n) is 15.9. The van der Waals surface area contributed by atoms with E-state index in [9.17, 15) is 14.4 Å². The van der Waals surface area contributed by atoms with E-state index in [1.807, 2.05) is 0 Å². The first-order chi connectivity index (χ1) is 38.0. The van der Waals surface area contributed by atoms with E-state index in [0.717, 1.165) is 83.5 Å². The highest BCUT2D eigenvalue weighted by molar-refractivity contribution is 5.71. The zero-order chi connectivity index (χ0) is 55.7. The van der Waals surface area contributed by atoms with Crippen LogP contribution in [0.1, 0.15) is 393 Å². The number of carbonyl (C=O) groups is 3. The van der Waals surface area contributed by atoms with Gasteiger partial charge in [0.2, 0.25) is 0 Å². The third kappa shape index (κ3) is 64.6. The molecule has 0 aliphatic rings. The first-order valence-electron chi connectivity index (χ1n) is 34.8. The number of allylic oxidation sites excluding steroid dienone is 4. The molecule has 0 bridgehead atoms. The van der Waals surface area contributed by atoms with Gasteiger partial charge < -0.3 is 14.2 Å². The van der Waals surface area contributed by atoms with E-state index in [4.69, 9.17) is 14.2 Å². The van der Waals surface area contributed by atoms with E-state index in [-0.39, 0.29) is 31.1 Å². The smallest absolute Gasteiger partial charge is 0.306 e. The second-order valence-corrected chi connectivity index (χ2v) is 23.8. The fourth-order valence-corrected chi connectivity index (χ4v) is 10.7. The first-order valence-corrected chi connectivity index (χ1v) is 34.8. The lowest BCUT2D eigenvalue weighted by Gasteiger charge is -2.18. The van der Waals surface area contributed by atoms with Crippen molar-refractivity contribution in [3.8, 4) is 0 Å². The van der Waals surface area contributed by atoms with Crippen LogP contribution in [0, 0.1) is 0 Å². The van der Waals surface area contributed by atoms with Crippen LogP contribution in [0.25, 0.3) is 0 Å². The van der Waals surface area contributed by atoms with E-state index in [1.165, 1.54) is 270 Å². The van der Waals surface area contributed by atoms with Gasteiger partial charge in [-0.15, -0.1) is 0 Å². The molecule has 6 heteroatoms. The molecule has 0 N–H and O–H groups in total. The molecule has 0 aliphatic carbocycles. The Morgan fingerprint density at radius 1 is 0.260 bits per heavy atom. The molecule has 0 aliphatic heterocycles. The molecule has 0 fully saturated rings. The summed E-state index contributed by atoms with van der Waals surface area (Å²) in [6, 6.07) is 0. The molecule has 454 valence electrons. The average Bonchev–Trinajstić information content (AvgIpc) is 3.43. The predicted octanol–water partition coefficient (Wildman–Crippen LogP) is 23.8. The summed E-state index contributed by atoms with van der Waals surface area (Å²) in [5.41, 5.74) is 0. The summed E-state index contributed by atoms with van der Waals surface area (Å²) < 4.78 is 16.9. The average molecular weight is 1080 g/mol. The molecular weight excluding hydrogens is 949 g/mol. The molecule has 0 aromatic rings. The summed E-state index contributed by atoms with van der Waals surface area (Å²) in [6.07, 6.45) is 80.8. The fourth-order valence-electron chi connectivity index (χ4n) is 10.7. The highest BCUT2D eigenvalue weighted by Gasteiger charge is 2.19. The van der Waals surface area contributed by atoms with E-state index in [1.54, 1.807) is 0 Å². The van der Waals surface area contributed by atoms with Gasteiger partial charge in [0.25, 0.3) is 0 Å². The molecule has 0 amide bonds. The maximum atomic E-state index is 12.9. The lowest BCUT2D eigenvalue weighted by atomic mass is 10.0. The number of unbranched alkanes of at least 4 members (excludes halogenated alkanes) is 50. The van der Waals surface area contributed by atoms with Crippen molar-refractivity contribution in [3.63, 3.8) is 0 Å². The Hall–Kier alpha value is -2.11. The van der Waals surface area contributed by atoms with Crippen molar-refractivity contribution in [1.29, 1.82) is 0 Å². The minimum Gasteiger partial charge on any atom is -0.462 e. The van der Waals surface area contributed by atoms with Crippen molar-refractivity contribution in [3.05, 3.63) is 24.3 Å². The summed E-state index contributed by atoms with van der Waals surface area (Å²) in [4.78, 5) is 38.3. The second kappa shape index (κ2) is 66.4. The van der Waals surface area contributed by atoms with E-state index < -0.39 is 6.10 Å². The van der Waals surface area contributed by atoms with E-state index in [0.29, 0.717) is 19.3 Å². The Labute approximate surface area is 481 Å². The lowest BCUT2D eigenvalue weighted by molar-refractivity contribution is -0.167. The molecule has 1 atom stereocenters. The Bertz CT molecular complexity index is 1240. The molecule has 1 unspecified atom stereocenters. The largest absolute Gasteiger partial charge is 0.462 e. The first kappa shape index (κ1) is 74.9. The van der Waals surface area contributed by atoms with Crippen LogP contribution in [0.4, 0.5) is 0 Å². The monoisotopic (exact) mass is 1080 g/mol. The minimum atomic E-state index is -0.773. The SMILES string of the molecule is CCC/C=C\C/C=C\CCCCCCCC(=O)OCC(COC(=O)CCCCCCCCCCCCCCCCCCCCCCCCCCCCCCCC)OC(=O)CCCCCCCCCCCCCCCCCC. The summed E-state index contributed by atoms with van der Waals surface area (Å²) in [5, 5.41) is 0. The molecule has 6 nitrogen and oxygen atoms in total. The highest BCUT2D eigenvalue weighted by Crippen LogP contribution is 2.19. The van der Waals surface area contributed by atoms with Crippen molar-refractivity contribution in [1.82, 2.24) is 0 Å². The summed E-state index contributed by atoms with van der Waals surface area (Å²) >= 11 is 0. The highest BCUT2D eigenvalue weighted by atomic mass is 16.6. The van der Waals surface area contributed by atoms with E-state index in [2.05, 4.69) is 45.1 Å².